The van der Waals surface area contributed by atoms with Crippen molar-refractivity contribution >= 4 is 11.9 Å². The summed E-state index contributed by atoms with van der Waals surface area (Å²) in [7, 11) is 0. The lowest BCUT2D eigenvalue weighted by atomic mass is 10.0. The van der Waals surface area contributed by atoms with Gasteiger partial charge in [-0.1, -0.05) is 156 Å². The summed E-state index contributed by atoms with van der Waals surface area (Å²) in [6, 6.07) is 0. The average Bonchev–Trinajstić information content (AvgIpc) is 3.12. The standard InChI is InChI=1S/C44H87NO9/c1-4-7-10-13-16-17-18-24-31-38-53-42(47)43(48,49)35-28-30-37-45(39-44(50,51)52)36-29-23-19-22-27-34-41(46)54-40(32-25-20-14-11-8-5-2)33-26-21-15-12-9-6-3/h40,48-52H,4-39H2,1-3H3. The molecule has 10 heteroatoms. The number of hydrogen-bond donors (Lipinski definition) is 5. The van der Waals surface area contributed by atoms with Crippen molar-refractivity contribution in [2.75, 3.05) is 26.2 Å². The van der Waals surface area contributed by atoms with Gasteiger partial charge >= 0.3 is 11.9 Å². The summed E-state index contributed by atoms with van der Waals surface area (Å²) in [5.41, 5.74) is 0. The zero-order valence-electron chi connectivity index (χ0n) is 35.3. The Kier molecular flexibility index (Phi) is 35.2. The average molecular weight is 774 g/mol. The van der Waals surface area contributed by atoms with Gasteiger partial charge in [0.2, 0.25) is 0 Å². The van der Waals surface area contributed by atoms with E-state index in [2.05, 4.69) is 20.8 Å². The van der Waals surface area contributed by atoms with Crippen LogP contribution in [0.25, 0.3) is 0 Å². The van der Waals surface area contributed by atoms with E-state index in [1.165, 1.54) is 103 Å². The van der Waals surface area contributed by atoms with Gasteiger partial charge in [-0.15, -0.1) is 0 Å². The number of aliphatic hydroxyl groups is 5. The van der Waals surface area contributed by atoms with Gasteiger partial charge in [-0.2, -0.15) is 0 Å². The first-order chi connectivity index (χ1) is 25.9. The Morgan fingerprint density at radius 1 is 0.519 bits per heavy atom. The van der Waals surface area contributed by atoms with Crippen LogP contribution in [0.1, 0.15) is 226 Å². The van der Waals surface area contributed by atoms with E-state index < -0.39 is 17.7 Å². The molecular formula is C44H87NO9. The number of carbonyl (C=O) groups is 2. The molecule has 322 valence electrons. The van der Waals surface area contributed by atoms with E-state index in [0.29, 0.717) is 38.8 Å². The quantitative estimate of drug-likeness (QED) is 0.0230. The topological polar surface area (TPSA) is 157 Å². The Morgan fingerprint density at radius 3 is 1.41 bits per heavy atom. The van der Waals surface area contributed by atoms with Gasteiger partial charge in [0.1, 0.15) is 6.10 Å². The summed E-state index contributed by atoms with van der Waals surface area (Å²) >= 11 is 0. The van der Waals surface area contributed by atoms with E-state index in [0.717, 1.165) is 70.6 Å². The lowest BCUT2D eigenvalue weighted by molar-refractivity contribution is -0.317. The molecule has 0 aromatic heterocycles. The van der Waals surface area contributed by atoms with E-state index in [9.17, 15) is 35.1 Å². The molecule has 0 aliphatic heterocycles. The van der Waals surface area contributed by atoms with Crippen LogP contribution < -0.4 is 0 Å². The van der Waals surface area contributed by atoms with E-state index in [1.54, 1.807) is 4.90 Å². The van der Waals surface area contributed by atoms with E-state index in [1.807, 2.05) is 0 Å². The van der Waals surface area contributed by atoms with Crippen LogP contribution in [0, 0.1) is 0 Å². The van der Waals surface area contributed by atoms with Crippen molar-refractivity contribution in [2.24, 2.45) is 0 Å². The van der Waals surface area contributed by atoms with Crippen molar-refractivity contribution in [3.05, 3.63) is 0 Å². The summed E-state index contributed by atoms with van der Waals surface area (Å²) in [5, 5.41) is 49.3. The summed E-state index contributed by atoms with van der Waals surface area (Å²) in [6.45, 7) is 7.38. The predicted molar refractivity (Wildman–Crippen MR) is 219 cm³/mol. The fourth-order valence-corrected chi connectivity index (χ4v) is 7.02. The summed E-state index contributed by atoms with van der Waals surface area (Å²) in [4.78, 5) is 26.7. The van der Waals surface area contributed by atoms with E-state index in [-0.39, 0.29) is 31.6 Å². The summed E-state index contributed by atoms with van der Waals surface area (Å²) < 4.78 is 11.1. The van der Waals surface area contributed by atoms with Crippen LogP contribution in [0.15, 0.2) is 0 Å². The molecule has 0 aliphatic rings. The van der Waals surface area contributed by atoms with Crippen LogP contribution in [-0.2, 0) is 19.1 Å². The van der Waals surface area contributed by atoms with Gasteiger partial charge in [0.25, 0.3) is 11.8 Å². The molecule has 0 aromatic carbocycles. The van der Waals surface area contributed by atoms with Gasteiger partial charge < -0.3 is 35.0 Å². The molecule has 0 fully saturated rings. The molecule has 0 aromatic rings. The van der Waals surface area contributed by atoms with Crippen molar-refractivity contribution in [1.82, 2.24) is 4.90 Å². The second-order valence-electron chi connectivity index (χ2n) is 16.0. The highest BCUT2D eigenvalue weighted by Gasteiger charge is 2.34. The minimum absolute atomic E-state index is 0.0342. The molecule has 0 rings (SSSR count). The lowest BCUT2D eigenvalue weighted by Crippen LogP contribution is -2.44. The number of nitrogens with zero attached hydrogens (tertiary/aromatic N) is 1. The Balaban J connectivity index is 4.34. The molecule has 0 saturated heterocycles. The van der Waals surface area contributed by atoms with Gasteiger partial charge in [0.15, 0.2) is 0 Å². The van der Waals surface area contributed by atoms with Crippen molar-refractivity contribution in [2.45, 2.75) is 244 Å². The minimum Gasteiger partial charge on any atom is -0.462 e. The molecule has 10 nitrogen and oxygen atoms in total. The molecule has 54 heavy (non-hydrogen) atoms. The first kappa shape index (κ1) is 52.7. The van der Waals surface area contributed by atoms with Gasteiger partial charge in [0.05, 0.1) is 13.2 Å². The van der Waals surface area contributed by atoms with E-state index in [4.69, 9.17) is 9.47 Å². The minimum atomic E-state index is -2.83. The fourth-order valence-electron chi connectivity index (χ4n) is 7.02. The van der Waals surface area contributed by atoms with Crippen molar-refractivity contribution in [3.63, 3.8) is 0 Å². The van der Waals surface area contributed by atoms with Crippen LogP contribution in [0.3, 0.4) is 0 Å². The maximum absolute atomic E-state index is 12.7. The zero-order valence-corrected chi connectivity index (χ0v) is 35.3. The number of ether oxygens (including phenoxy) is 2. The highest BCUT2D eigenvalue weighted by atomic mass is 16.7. The van der Waals surface area contributed by atoms with Crippen molar-refractivity contribution in [3.8, 4) is 0 Å². The smallest absolute Gasteiger partial charge is 0.366 e. The lowest BCUT2D eigenvalue weighted by Gasteiger charge is -2.27. The highest BCUT2D eigenvalue weighted by Crippen LogP contribution is 2.19. The molecule has 0 radical (unpaired) electrons. The first-order valence-corrected chi connectivity index (χ1v) is 22.7. The molecule has 0 atom stereocenters. The van der Waals surface area contributed by atoms with Gasteiger partial charge in [0, 0.05) is 12.8 Å². The second-order valence-corrected chi connectivity index (χ2v) is 16.0. The Bertz CT molecular complexity index is 832. The monoisotopic (exact) mass is 774 g/mol. The fraction of sp³-hybridized carbons (Fsp3) is 0.955. The Labute approximate surface area is 331 Å². The Hall–Kier alpha value is -1.30. The zero-order chi connectivity index (χ0) is 40.2. The highest BCUT2D eigenvalue weighted by molar-refractivity contribution is 5.77. The molecule has 0 heterocycles. The van der Waals surface area contributed by atoms with Gasteiger partial charge in [-0.05, 0) is 70.9 Å². The maximum atomic E-state index is 12.7. The van der Waals surface area contributed by atoms with Crippen LogP contribution in [0.5, 0.6) is 0 Å². The molecule has 0 amide bonds. The number of esters is 2. The number of rotatable bonds is 41. The number of carbonyl (C=O) groups excluding carboxylic acids is 2. The van der Waals surface area contributed by atoms with E-state index >= 15 is 0 Å². The molecular weight excluding hydrogens is 686 g/mol. The summed E-state index contributed by atoms with van der Waals surface area (Å²) in [5.74, 6) is -6.52. The van der Waals surface area contributed by atoms with Gasteiger partial charge in [-0.3, -0.25) is 9.69 Å². The molecule has 0 spiro atoms. The van der Waals surface area contributed by atoms with Crippen LogP contribution in [0.2, 0.25) is 0 Å². The SMILES string of the molecule is CCCCCCCCCCCOC(=O)C(O)(O)CCCCN(CCCCCCCC(=O)OC(CCCCCCCC)CCCCCCCC)CC(O)(O)O. The normalized spacial score (nSPS) is 12.3. The molecule has 0 unspecified atom stereocenters. The summed E-state index contributed by atoms with van der Waals surface area (Å²) in [6.07, 6.45) is 32.3. The largest absolute Gasteiger partial charge is 0.462 e. The van der Waals surface area contributed by atoms with Crippen molar-refractivity contribution < 1.29 is 44.6 Å². The van der Waals surface area contributed by atoms with Gasteiger partial charge in [-0.25, -0.2) is 4.79 Å². The molecule has 0 aliphatic carbocycles. The second kappa shape index (κ2) is 36.1. The maximum Gasteiger partial charge on any atom is 0.366 e. The molecule has 0 bridgehead atoms. The van der Waals surface area contributed by atoms with Crippen LogP contribution >= 0.6 is 0 Å². The third-order valence-electron chi connectivity index (χ3n) is 10.4. The van der Waals surface area contributed by atoms with Crippen molar-refractivity contribution in [1.29, 1.82) is 0 Å². The third kappa shape index (κ3) is 35.1. The molecule has 0 saturated carbocycles. The molecule has 5 N–H and O–H groups in total. The Morgan fingerprint density at radius 2 is 0.926 bits per heavy atom. The predicted octanol–water partition coefficient (Wildman–Crippen LogP) is 9.60. The first-order valence-electron chi connectivity index (χ1n) is 22.7. The third-order valence-corrected chi connectivity index (χ3v) is 10.4. The van der Waals surface area contributed by atoms with Crippen LogP contribution in [0.4, 0.5) is 0 Å². The van der Waals surface area contributed by atoms with Crippen LogP contribution in [-0.4, -0.2) is 86.5 Å². The number of hydrogen-bond acceptors (Lipinski definition) is 10. The number of unbranched alkanes of at least 4 members (excludes halogenated alkanes) is 23.